The number of thiocarbonyl (C=S) groups is 1. The van der Waals surface area contributed by atoms with Gasteiger partial charge in [-0.05, 0) is 36.0 Å². The maximum Gasteiger partial charge on any atom is 0.327 e. The van der Waals surface area contributed by atoms with Gasteiger partial charge in [-0.1, -0.05) is 53.5 Å². The molecule has 0 radical (unpaired) electrons. The molecular weight excluding hydrogens is 473 g/mol. The predicted molar refractivity (Wildman–Crippen MR) is 124 cm³/mol. The lowest BCUT2D eigenvalue weighted by atomic mass is 10.0. The molecule has 4 rings (SSSR count). The molecule has 1 aliphatic heterocycles. The van der Waals surface area contributed by atoms with E-state index in [1.807, 2.05) is 6.07 Å². The van der Waals surface area contributed by atoms with Crippen molar-refractivity contribution in [2.75, 3.05) is 0 Å². The summed E-state index contributed by atoms with van der Waals surface area (Å²) in [5.41, 5.74) is 1.28. The van der Waals surface area contributed by atoms with Gasteiger partial charge in [-0.3, -0.25) is 9.69 Å². The molecule has 3 aromatic rings. The van der Waals surface area contributed by atoms with Gasteiger partial charge in [0.15, 0.2) is 10.9 Å². The number of carboxylic acid groups (broad SMARTS) is 1. The lowest BCUT2D eigenvalue weighted by Crippen LogP contribution is -2.46. The molecule has 1 unspecified atom stereocenters. The summed E-state index contributed by atoms with van der Waals surface area (Å²) in [5, 5.41) is 13.2. The molecule has 1 amide bonds. The Bertz CT molecular complexity index is 1240. The number of benzene rings is 1. The summed E-state index contributed by atoms with van der Waals surface area (Å²) in [6, 6.07) is 12.7. The monoisotopic (exact) mass is 487 g/mol. The van der Waals surface area contributed by atoms with Gasteiger partial charge in [0.1, 0.15) is 23.2 Å². The van der Waals surface area contributed by atoms with E-state index in [4.69, 9.17) is 39.8 Å². The zero-order valence-corrected chi connectivity index (χ0v) is 18.6. The van der Waals surface area contributed by atoms with Crippen LogP contribution in [-0.2, 0) is 16.0 Å². The number of hydrogen-bond donors (Lipinski definition) is 2. The van der Waals surface area contributed by atoms with Gasteiger partial charge < -0.3 is 14.8 Å². The Labute approximate surface area is 198 Å². The van der Waals surface area contributed by atoms with E-state index in [-0.39, 0.29) is 17.2 Å². The van der Waals surface area contributed by atoms with Crippen LogP contribution in [0.25, 0.3) is 17.5 Å². The van der Waals surface area contributed by atoms with Crippen LogP contribution < -0.4 is 5.32 Å². The second-order valence-electron chi connectivity index (χ2n) is 6.89. The smallest absolute Gasteiger partial charge is 0.327 e. The predicted octanol–water partition coefficient (Wildman–Crippen LogP) is 4.40. The molecular formula is C22H15Cl2N3O4S. The number of nitrogens with one attached hydrogen (secondary N) is 1. The first kappa shape index (κ1) is 22.0. The first-order chi connectivity index (χ1) is 15.3. The average Bonchev–Trinajstić information content (AvgIpc) is 3.31. The maximum absolute atomic E-state index is 13.0. The summed E-state index contributed by atoms with van der Waals surface area (Å²) in [4.78, 5) is 30.1. The van der Waals surface area contributed by atoms with E-state index in [0.29, 0.717) is 27.3 Å². The van der Waals surface area contributed by atoms with E-state index in [9.17, 15) is 14.7 Å². The molecule has 0 saturated carbocycles. The van der Waals surface area contributed by atoms with Crippen LogP contribution in [0.3, 0.4) is 0 Å². The molecule has 2 N–H and O–H groups in total. The van der Waals surface area contributed by atoms with Gasteiger partial charge in [-0.2, -0.15) is 0 Å². The molecule has 1 aliphatic rings. The fraction of sp³-hybridized carbons (Fsp3) is 0.0909. The first-order valence-electron chi connectivity index (χ1n) is 9.37. The quantitative estimate of drug-likeness (QED) is 0.392. The normalized spacial score (nSPS) is 15.8. The van der Waals surface area contributed by atoms with Gasteiger partial charge in [0.25, 0.3) is 5.91 Å². The Morgan fingerprint density at radius 1 is 1.25 bits per heavy atom. The molecule has 1 saturated heterocycles. The van der Waals surface area contributed by atoms with Crippen molar-refractivity contribution < 1.29 is 19.1 Å². The minimum atomic E-state index is -1.16. The van der Waals surface area contributed by atoms with Gasteiger partial charge in [0.05, 0.1) is 10.0 Å². The van der Waals surface area contributed by atoms with Gasteiger partial charge in [0.2, 0.25) is 0 Å². The van der Waals surface area contributed by atoms with E-state index >= 15 is 0 Å². The first-order valence-corrected chi connectivity index (χ1v) is 10.5. The number of hydrogen-bond acceptors (Lipinski definition) is 5. The number of halogens is 2. The van der Waals surface area contributed by atoms with Crippen LogP contribution in [0.4, 0.5) is 0 Å². The van der Waals surface area contributed by atoms with Crippen molar-refractivity contribution in [2.24, 2.45) is 0 Å². The molecule has 1 atom stereocenters. The molecule has 3 heterocycles. The highest BCUT2D eigenvalue weighted by Crippen LogP contribution is 2.30. The van der Waals surface area contributed by atoms with Crippen LogP contribution in [-0.4, -0.2) is 38.0 Å². The Morgan fingerprint density at radius 2 is 2.00 bits per heavy atom. The van der Waals surface area contributed by atoms with Gasteiger partial charge in [-0.25, -0.2) is 9.78 Å². The second kappa shape index (κ2) is 9.12. The van der Waals surface area contributed by atoms with Crippen LogP contribution in [0.1, 0.15) is 11.3 Å². The van der Waals surface area contributed by atoms with Crippen LogP contribution in [0.5, 0.6) is 0 Å². The van der Waals surface area contributed by atoms with Crippen molar-refractivity contribution >= 4 is 58.5 Å². The summed E-state index contributed by atoms with van der Waals surface area (Å²) in [5.74, 6) is -0.991. The minimum Gasteiger partial charge on any atom is -0.480 e. The number of rotatable bonds is 6. The maximum atomic E-state index is 13.0. The van der Waals surface area contributed by atoms with Crippen molar-refractivity contribution in [1.29, 1.82) is 0 Å². The molecule has 0 bridgehead atoms. The third-order valence-corrected chi connectivity index (χ3v) is 5.53. The summed E-state index contributed by atoms with van der Waals surface area (Å²) < 4.78 is 5.74. The van der Waals surface area contributed by atoms with Crippen LogP contribution in [0.15, 0.2) is 64.8 Å². The zero-order chi connectivity index (χ0) is 22.8. The number of aromatic nitrogens is 1. The summed E-state index contributed by atoms with van der Waals surface area (Å²) in [7, 11) is 0. The molecule has 0 spiro atoms. The molecule has 32 heavy (non-hydrogen) atoms. The fourth-order valence-corrected chi connectivity index (χ4v) is 4.05. The van der Waals surface area contributed by atoms with Crippen molar-refractivity contribution in [3.63, 3.8) is 0 Å². The van der Waals surface area contributed by atoms with E-state index in [1.54, 1.807) is 42.5 Å². The average molecular weight is 488 g/mol. The Balaban J connectivity index is 1.58. The van der Waals surface area contributed by atoms with E-state index < -0.39 is 17.9 Å². The second-order valence-corrected chi connectivity index (χ2v) is 8.12. The van der Waals surface area contributed by atoms with Gasteiger partial charge in [-0.15, -0.1) is 0 Å². The lowest BCUT2D eigenvalue weighted by molar-refractivity contribution is -0.145. The molecule has 7 nitrogen and oxygen atoms in total. The summed E-state index contributed by atoms with van der Waals surface area (Å²) in [6.45, 7) is 0. The van der Waals surface area contributed by atoms with Crippen LogP contribution in [0.2, 0.25) is 10.0 Å². The van der Waals surface area contributed by atoms with Crippen molar-refractivity contribution in [3.05, 3.63) is 81.8 Å². The molecule has 0 aliphatic carbocycles. The highest BCUT2D eigenvalue weighted by atomic mass is 35.5. The number of carbonyl (C=O) groups is 2. The fourth-order valence-electron chi connectivity index (χ4n) is 3.25. The number of nitrogens with zero attached hydrogens (tertiary/aromatic N) is 2. The van der Waals surface area contributed by atoms with Crippen molar-refractivity contribution in [1.82, 2.24) is 15.2 Å². The van der Waals surface area contributed by atoms with Crippen LogP contribution >= 0.6 is 35.4 Å². The topological polar surface area (TPSA) is 95.7 Å². The molecule has 2 aromatic heterocycles. The van der Waals surface area contributed by atoms with Crippen molar-refractivity contribution in [2.45, 2.75) is 12.5 Å². The SMILES string of the molecule is O=C(O)C(Cc1ccccc1)N1C(=O)/C(=C\c2ccc(-c3ncc(Cl)cc3Cl)o2)NC1=S. The highest BCUT2D eigenvalue weighted by Gasteiger charge is 2.39. The number of furan rings is 1. The molecule has 1 aromatic carbocycles. The number of amides is 1. The third-order valence-electron chi connectivity index (χ3n) is 4.73. The van der Waals surface area contributed by atoms with Crippen molar-refractivity contribution in [3.8, 4) is 11.5 Å². The van der Waals surface area contributed by atoms with Gasteiger partial charge in [0, 0.05) is 18.7 Å². The van der Waals surface area contributed by atoms with Gasteiger partial charge >= 0.3 is 5.97 Å². The minimum absolute atomic E-state index is 0.0128. The standard InChI is InChI=1S/C22H15Cl2N3O4S/c23-13-9-15(24)19(25-11-13)18-7-6-14(31-18)10-16-20(28)27(22(32)26-16)17(21(29)30)8-12-4-2-1-3-5-12/h1-7,9-11,17H,8H2,(H,26,32)(H,29,30)/b16-10+. The highest BCUT2D eigenvalue weighted by molar-refractivity contribution is 7.80. The van der Waals surface area contributed by atoms with E-state index in [0.717, 1.165) is 10.5 Å². The third kappa shape index (κ3) is 4.52. The largest absolute Gasteiger partial charge is 0.480 e. The van der Waals surface area contributed by atoms with E-state index in [2.05, 4.69) is 10.3 Å². The molecule has 10 heteroatoms. The zero-order valence-electron chi connectivity index (χ0n) is 16.3. The Morgan fingerprint density at radius 3 is 2.69 bits per heavy atom. The van der Waals surface area contributed by atoms with E-state index in [1.165, 1.54) is 12.3 Å². The Hall–Kier alpha value is -3.20. The molecule has 1 fully saturated rings. The number of pyridine rings is 1. The summed E-state index contributed by atoms with van der Waals surface area (Å²) in [6.07, 6.45) is 3.01. The Kier molecular flexibility index (Phi) is 6.27. The lowest BCUT2D eigenvalue weighted by Gasteiger charge is -2.22. The van der Waals surface area contributed by atoms with Crippen LogP contribution in [0, 0.1) is 0 Å². The molecule has 162 valence electrons. The summed E-state index contributed by atoms with van der Waals surface area (Å²) >= 11 is 17.3. The number of carboxylic acids is 1. The number of carbonyl (C=O) groups excluding carboxylic acids is 1. The number of aliphatic carboxylic acids is 1.